The number of hydrogen-bond donors (Lipinski definition) is 2. The lowest BCUT2D eigenvalue weighted by atomic mass is 10.1. The molecule has 0 saturated carbocycles. The topological polar surface area (TPSA) is 180 Å². The number of carbonyl (C=O) groups excluding carboxylic acids is 1. The normalized spacial score (nSPS) is 11.1. The molecule has 3 N–H and O–H groups in total. The molecule has 0 aliphatic rings. The summed E-state index contributed by atoms with van der Waals surface area (Å²) in [4.78, 5) is 23.3. The first-order valence-electron chi connectivity index (χ1n) is 8.93. The van der Waals surface area contributed by atoms with Crippen LogP contribution in [0.25, 0.3) is 17.1 Å². The molecule has 4 aromatic rings. The van der Waals surface area contributed by atoms with Crippen molar-refractivity contribution in [2.24, 2.45) is 5.10 Å². The molecule has 0 fully saturated rings. The summed E-state index contributed by atoms with van der Waals surface area (Å²) < 4.78 is 5.72. The Morgan fingerprint density at radius 3 is 2.64 bits per heavy atom. The van der Waals surface area contributed by atoms with Gasteiger partial charge >= 0.3 is 0 Å². The highest BCUT2D eigenvalue weighted by Gasteiger charge is 2.25. The Balaban J connectivity index is 1.70. The molecule has 0 atom stereocenters. The van der Waals surface area contributed by atoms with E-state index >= 15 is 0 Å². The Morgan fingerprint density at radius 1 is 1.21 bits per heavy atom. The monoisotopic (exact) mass is 487 g/mol. The summed E-state index contributed by atoms with van der Waals surface area (Å²) in [7, 11) is 0. The summed E-state index contributed by atoms with van der Waals surface area (Å²) in [6, 6.07) is 10.3. The number of halogens is 2. The molecule has 1 amide bonds. The molecule has 4 rings (SSSR count). The van der Waals surface area contributed by atoms with E-state index < -0.39 is 10.8 Å². The first-order valence-corrected chi connectivity index (χ1v) is 9.68. The van der Waals surface area contributed by atoms with E-state index in [1.807, 2.05) is 0 Å². The summed E-state index contributed by atoms with van der Waals surface area (Å²) >= 11 is 12.1. The zero-order chi connectivity index (χ0) is 23.5. The van der Waals surface area contributed by atoms with Gasteiger partial charge in [0.05, 0.1) is 21.2 Å². The van der Waals surface area contributed by atoms with Crippen molar-refractivity contribution < 1.29 is 14.3 Å². The largest absolute Gasteiger partial charge is 0.378 e. The van der Waals surface area contributed by atoms with Crippen molar-refractivity contribution in [3.63, 3.8) is 0 Å². The number of nitrogens with one attached hydrogen (secondary N) is 1. The third-order valence-corrected chi connectivity index (χ3v) is 5.12. The summed E-state index contributed by atoms with van der Waals surface area (Å²) in [5.41, 5.74) is 8.72. The second kappa shape index (κ2) is 9.02. The Hall–Kier alpha value is -4.36. The van der Waals surface area contributed by atoms with Crippen LogP contribution >= 0.6 is 23.2 Å². The average Bonchev–Trinajstić information content (AvgIpc) is 3.42. The Bertz CT molecular complexity index is 1380. The highest BCUT2D eigenvalue weighted by Crippen LogP contribution is 2.28. The predicted octanol–water partition coefficient (Wildman–Crippen LogP) is 2.88. The van der Waals surface area contributed by atoms with Gasteiger partial charge in [-0.2, -0.15) is 9.78 Å². The van der Waals surface area contributed by atoms with Gasteiger partial charge in [0.2, 0.25) is 11.6 Å². The number of anilines is 1. The number of non-ortho nitro benzene ring substituents is 1. The second-order valence-electron chi connectivity index (χ2n) is 6.32. The van der Waals surface area contributed by atoms with E-state index in [0.29, 0.717) is 16.1 Å². The summed E-state index contributed by atoms with van der Waals surface area (Å²) in [6.07, 6.45) is 1.31. The van der Waals surface area contributed by atoms with Crippen molar-refractivity contribution in [3.05, 3.63) is 73.9 Å². The molecular weight excluding hydrogens is 477 g/mol. The fourth-order valence-electron chi connectivity index (χ4n) is 2.75. The van der Waals surface area contributed by atoms with E-state index in [0.717, 1.165) is 4.68 Å². The van der Waals surface area contributed by atoms with Crippen molar-refractivity contribution >= 4 is 46.8 Å². The van der Waals surface area contributed by atoms with Gasteiger partial charge in [-0.15, -0.1) is 5.10 Å². The molecule has 166 valence electrons. The molecule has 0 aliphatic heterocycles. The lowest BCUT2D eigenvalue weighted by molar-refractivity contribution is -0.384. The minimum Gasteiger partial charge on any atom is -0.378 e. The van der Waals surface area contributed by atoms with Gasteiger partial charge in [0.25, 0.3) is 11.6 Å². The third kappa shape index (κ3) is 4.35. The molecule has 13 nitrogen and oxygen atoms in total. The number of nitro benzene ring substituents is 1. The molecule has 33 heavy (non-hydrogen) atoms. The summed E-state index contributed by atoms with van der Waals surface area (Å²) in [5.74, 6) is -0.869. The van der Waals surface area contributed by atoms with Crippen LogP contribution in [0.3, 0.4) is 0 Å². The number of benzene rings is 2. The van der Waals surface area contributed by atoms with Gasteiger partial charge in [-0.3, -0.25) is 14.9 Å². The van der Waals surface area contributed by atoms with Crippen molar-refractivity contribution in [2.75, 3.05) is 5.73 Å². The number of hydrogen-bond acceptors (Lipinski definition) is 10. The molecule has 2 aromatic heterocycles. The lowest BCUT2D eigenvalue weighted by Gasteiger charge is -2.06. The summed E-state index contributed by atoms with van der Waals surface area (Å²) in [6.45, 7) is 0. The van der Waals surface area contributed by atoms with Crippen molar-refractivity contribution in [3.8, 4) is 17.1 Å². The van der Waals surface area contributed by atoms with Crippen LogP contribution in [-0.2, 0) is 0 Å². The number of nitrogen functional groups attached to an aromatic ring is 1. The predicted molar refractivity (Wildman–Crippen MR) is 117 cm³/mol. The van der Waals surface area contributed by atoms with Crippen LogP contribution in [0, 0.1) is 10.1 Å². The quantitative estimate of drug-likeness (QED) is 0.234. The Kier molecular flexibility index (Phi) is 5.97. The highest BCUT2D eigenvalue weighted by molar-refractivity contribution is 6.43. The number of hydrazone groups is 1. The van der Waals surface area contributed by atoms with Gasteiger partial charge in [-0.05, 0) is 28.5 Å². The smallest absolute Gasteiger partial charge is 0.294 e. The van der Waals surface area contributed by atoms with Crippen LogP contribution in [0.4, 0.5) is 11.5 Å². The van der Waals surface area contributed by atoms with E-state index in [1.165, 1.54) is 30.5 Å². The number of aromatic nitrogens is 5. The minimum atomic E-state index is -0.737. The van der Waals surface area contributed by atoms with E-state index in [2.05, 4.69) is 35.8 Å². The number of nitro groups is 1. The van der Waals surface area contributed by atoms with Gasteiger partial charge in [0.15, 0.2) is 5.69 Å². The van der Waals surface area contributed by atoms with E-state index in [1.54, 1.807) is 18.2 Å². The molecular formula is C18H11Cl2N9O4. The number of carbonyl (C=O) groups is 1. The maximum absolute atomic E-state index is 12.8. The lowest BCUT2D eigenvalue weighted by Crippen LogP contribution is -2.19. The average molecular weight is 488 g/mol. The number of amides is 1. The van der Waals surface area contributed by atoms with Crippen molar-refractivity contribution in [1.29, 1.82) is 0 Å². The maximum atomic E-state index is 12.8. The van der Waals surface area contributed by atoms with Crippen LogP contribution in [0.2, 0.25) is 10.0 Å². The molecule has 0 saturated heterocycles. The van der Waals surface area contributed by atoms with Crippen LogP contribution in [-0.4, -0.2) is 42.4 Å². The molecule has 2 aromatic carbocycles. The van der Waals surface area contributed by atoms with Gasteiger partial charge < -0.3 is 5.73 Å². The number of nitrogens with two attached hydrogens (primary N) is 1. The third-order valence-electron chi connectivity index (χ3n) is 4.28. The number of nitrogens with zero attached hydrogens (tertiary/aromatic N) is 7. The first-order chi connectivity index (χ1) is 15.9. The molecule has 2 heterocycles. The fourth-order valence-corrected chi connectivity index (χ4v) is 3.11. The second-order valence-corrected chi connectivity index (χ2v) is 7.10. The molecule has 0 bridgehead atoms. The van der Waals surface area contributed by atoms with Crippen LogP contribution in [0.5, 0.6) is 0 Å². The molecule has 15 heteroatoms. The Labute approximate surface area is 193 Å². The minimum absolute atomic E-state index is 0.0240. The zero-order valence-electron chi connectivity index (χ0n) is 16.2. The van der Waals surface area contributed by atoms with Crippen LogP contribution < -0.4 is 11.2 Å². The van der Waals surface area contributed by atoms with Crippen molar-refractivity contribution in [2.45, 2.75) is 0 Å². The van der Waals surface area contributed by atoms with E-state index in [4.69, 9.17) is 28.9 Å². The summed E-state index contributed by atoms with van der Waals surface area (Å²) in [5, 5.41) is 30.4. The highest BCUT2D eigenvalue weighted by atomic mass is 35.5. The maximum Gasteiger partial charge on any atom is 0.294 e. The van der Waals surface area contributed by atoms with Gasteiger partial charge in [-0.25, -0.2) is 10.1 Å². The van der Waals surface area contributed by atoms with E-state index in [9.17, 15) is 14.9 Å². The molecule has 0 radical (unpaired) electrons. The SMILES string of the molecule is Nc1nonc1-n1nnc(C(=O)N/N=C\c2cccc(Cl)c2Cl)c1-c1ccc([N+](=O)[O-])cc1. The molecule has 0 aliphatic carbocycles. The van der Waals surface area contributed by atoms with E-state index in [-0.39, 0.29) is 33.7 Å². The Morgan fingerprint density at radius 2 is 1.97 bits per heavy atom. The fraction of sp³-hybridized carbons (Fsp3) is 0. The van der Waals surface area contributed by atoms with Crippen LogP contribution in [0.15, 0.2) is 52.2 Å². The van der Waals surface area contributed by atoms with Gasteiger partial charge in [0, 0.05) is 23.3 Å². The first kappa shape index (κ1) is 21.9. The molecule has 0 spiro atoms. The standard InChI is InChI=1S/C18H11Cl2N9O4/c19-12-3-1-2-10(13(12)20)8-22-24-18(30)14-15(9-4-6-11(7-5-9)29(31)32)28(27-23-14)17-16(21)25-33-26-17/h1-8H,(H2,21,25)(H,24,30)/b22-8-. The van der Waals surface area contributed by atoms with Crippen molar-refractivity contribution in [1.82, 2.24) is 30.7 Å². The number of rotatable bonds is 6. The van der Waals surface area contributed by atoms with Crippen LogP contribution in [0.1, 0.15) is 16.1 Å². The van der Waals surface area contributed by atoms with Gasteiger partial charge in [-0.1, -0.05) is 40.5 Å². The zero-order valence-corrected chi connectivity index (χ0v) is 17.7. The van der Waals surface area contributed by atoms with Gasteiger partial charge in [0.1, 0.15) is 5.69 Å². The molecule has 0 unspecified atom stereocenters.